The number of carbonyl (C=O) groups is 1. The summed E-state index contributed by atoms with van der Waals surface area (Å²) in [5, 5.41) is 0. The van der Waals surface area contributed by atoms with Crippen molar-refractivity contribution in [2.75, 3.05) is 46.5 Å². The number of aromatic nitrogens is 2. The molecule has 3 aliphatic rings. The Kier molecular flexibility index (Phi) is 6.06. The predicted molar refractivity (Wildman–Crippen MR) is 103 cm³/mol. The van der Waals surface area contributed by atoms with Crippen molar-refractivity contribution < 1.29 is 32.2 Å². The van der Waals surface area contributed by atoms with Gasteiger partial charge in [-0.1, -0.05) is 0 Å². The molecule has 1 spiro atoms. The molecule has 11 heteroatoms. The zero-order valence-corrected chi connectivity index (χ0v) is 17.8. The number of piperidine rings is 1. The molecule has 1 aromatic heterocycles. The van der Waals surface area contributed by atoms with Crippen molar-refractivity contribution in [3.8, 4) is 0 Å². The van der Waals surface area contributed by atoms with Crippen LogP contribution in [0.3, 0.4) is 0 Å². The van der Waals surface area contributed by atoms with Crippen LogP contribution in [0, 0.1) is 0 Å². The molecule has 3 fully saturated rings. The summed E-state index contributed by atoms with van der Waals surface area (Å²) in [6.45, 7) is 5.32. The molecule has 3 aliphatic heterocycles. The summed E-state index contributed by atoms with van der Waals surface area (Å²) in [5.74, 6) is 0.224. The van der Waals surface area contributed by atoms with E-state index < -0.39 is 23.6 Å². The Morgan fingerprint density at radius 2 is 2.10 bits per heavy atom. The molecule has 1 N–H and O–H groups in total. The van der Waals surface area contributed by atoms with Gasteiger partial charge in [0.05, 0.1) is 31.6 Å². The van der Waals surface area contributed by atoms with Crippen molar-refractivity contribution in [3.05, 3.63) is 17.7 Å². The van der Waals surface area contributed by atoms with Crippen LogP contribution in [0.1, 0.15) is 37.7 Å². The average molecular weight is 446 g/mol. The van der Waals surface area contributed by atoms with Crippen molar-refractivity contribution in [1.29, 1.82) is 0 Å². The third-order valence-electron chi connectivity index (χ3n) is 6.64. The highest BCUT2D eigenvalue weighted by molar-refractivity contribution is 5.81. The van der Waals surface area contributed by atoms with Crippen LogP contribution in [-0.4, -0.2) is 89.5 Å². The maximum absolute atomic E-state index is 13.0. The molecule has 1 aromatic rings. The van der Waals surface area contributed by atoms with Gasteiger partial charge in [0.25, 0.3) is 5.91 Å². The molecule has 0 radical (unpaired) electrons. The number of hydrogen-bond acceptors (Lipinski definition) is 6. The van der Waals surface area contributed by atoms with Gasteiger partial charge in [0.2, 0.25) is 0 Å². The van der Waals surface area contributed by atoms with E-state index in [2.05, 4.69) is 16.9 Å². The number of ether oxygens (including phenoxy) is 3. The number of methoxy groups -OCH3 is 1. The summed E-state index contributed by atoms with van der Waals surface area (Å²) in [6.07, 6.45) is -2.20. The average Bonchev–Trinajstić information content (AvgIpc) is 3.36. The second-order valence-electron chi connectivity index (χ2n) is 8.97. The second-order valence-corrected chi connectivity index (χ2v) is 8.97. The lowest BCUT2D eigenvalue weighted by molar-refractivity contribution is -0.145. The Bertz CT molecular complexity index is 794. The van der Waals surface area contributed by atoms with Crippen LogP contribution in [0.4, 0.5) is 13.2 Å². The summed E-state index contributed by atoms with van der Waals surface area (Å²) in [6, 6.07) is 0. The molecule has 0 aliphatic carbocycles. The van der Waals surface area contributed by atoms with Gasteiger partial charge < -0.3 is 24.1 Å². The van der Waals surface area contributed by atoms with Gasteiger partial charge in [0.1, 0.15) is 23.2 Å². The molecular formula is C20H29F3N4O4. The number of alkyl halides is 3. The Hall–Kier alpha value is -1.69. The van der Waals surface area contributed by atoms with E-state index in [9.17, 15) is 18.0 Å². The van der Waals surface area contributed by atoms with Gasteiger partial charge in [0, 0.05) is 39.7 Å². The third kappa shape index (κ3) is 4.89. The number of rotatable bonds is 4. The maximum atomic E-state index is 13.0. The van der Waals surface area contributed by atoms with Gasteiger partial charge in [-0.15, -0.1) is 0 Å². The van der Waals surface area contributed by atoms with E-state index >= 15 is 0 Å². The van der Waals surface area contributed by atoms with Crippen molar-refractivity contribution in [2.24, 2.45) is 0 Å². The quantitative estimate of drug-likeness (QED) is 0.760. The van der Waals surface area contributed by atoms with Crippen LogP contribution in [0.15, 0.2) is 6.20 Å². The van der Waals surface area contributed by atoms with Gasteiger partial charge in [-0.3, -0.25) is 9.69 Å². The fourth-order valence-electron chi connectivity index (χ4n) is 4.54. The number of amides is 1. The maximum Gasteiger partial charge on any atom is 0.432 e. The van der Waals surface area contributed by atoms with Crippen molar-refractivity contribution in [2.45, 2.75) is 56.2 Å². The molecule has 0 unspecified atom stereocenters. The summed E-state index contributed by atoms with van der Waals surface area (Å²) < 4.78 is 55.8. The smallest absolute Gasteiger partial charge is 0.378 e. The number of morpholine rings is 1. The Morgan fingerprint density at radius 3 is 2.74 bits per heavy atom. The number of carbonyl (C=O) groups excluding carboxylic acids is 1. The molecule has 8 nitrogen and oxygen atoms in total. The van der Waals surface area contributed by atoms with Gasteiger partial charge >= 0.3 is 6.18 Å². The lowest BCUT2D eigenvalue weighted by Crippen LogP contribution is -2.53. The number of H-pyrrole nitrogens is 1. The molecule has 0 bridgehead atoms. The molecular weight excluding hydrogens is 417 g/mol. The van der Waals surface area contributed by atoms with Crippen LogP contribution in [0.2, 0.25) is 0 Å². The van der Waals surface area contributed by atoms with Crippen LogP contribution >= 0.6 is 0 Å². The van der Waals surface area contributed by atoms with E-state index in [1.54, 1.807) is 7.11 Å². The highest BCUT2D eigenvalue weighted by atomic mass is 19.4. The van der Waals surface area contributed by atoms with E-state index in [1.165, 1.54) is 0 Å². The zero-order chi connectivity index (χ0) is 22.3. The number of imidazole rings is 1. The minimum atomic E-state index is -4.44. The molecule has 0 saturated carbocycles. The second kappa shape index (κ2) is 8.34. The number of aromatic amines is 1. The number of hydrogen-bond donors (Lipinski definition) is 1. The first-order valence-corrected chi connectivity index (χ1v) is 10.5. The highest BCUT2D eigenvalue weighted by Gasteiger charge is 2.48. The van der Waals surface area contributed by atoms with Crippen LogP contribution in [0.25, 0.3) is 0 Å². The zero-order valence-electron chi connectivity index (χ0n) is 17.8. The first kappa shape index (κ1) is 22.5. The number of nitrogens with one attached hydrogen (secondary N) is 1. The fourth-order valence-corrected chi connectivity index (χ4v) is 4.54. The SMILES string of the molecule is COC1(C)CCN(C(=O)[C@@H]2C[C@]3(CO2)CN(Cc2ncc(C(F)(F)F)[nH]2)CCO3)CC1. The summed E-state index contributed by atoms with van der Waals surface area (Å²) in [5.41, 5.74) is -1.68. The van der Waals surface area contributed by atoms with Gasteiger partial charge in [-0.2, -0.15) is 13.2 Å². The standard InChI is InChI=1S/C20H29F3N4O4/c1-18(29-2)3-5-27(6-4-18)17(28)14-9-19(13-30-14)12-26(7-8-31-19)11-16-24-10-15(25-16)20(21,22)23/h10,14H,3-9,11-13H2,1-2H3,(H,24,25)/t14-,19+/m0/s1. The lowest BCUT2D eigenvalue weighted by Gasteiger charge is -2.40. The Labute approximate surface area is 179 Å². The molecule has 1 amide bonds. The van der Waals surface area contributed by atoms with E-state index in [1.807, 2.05) is 9.80 Å². The minimum Gasteiger partial charge on any atom is -0.378 e. The first-order valence-electron chi connectivity index (χ1n) is 10.5. The molecule has 174 valence electrons. The Morgan fingerprint density at radius 1 is 1.35 bits per heavy atom. The van der Waals surface area contributed by atoms with Gasteiger partial charge in [-0.05, 0) is 19.8 Å². The number of nitrogens with zero attached hydrogens (tertiary/aromatic N) is 3. The molecule has 2 atom stereocenters. The van der Waals surface area contributed by atoms with Gasteiger partial charge in [0.15, 0.2) is 0 Å². The van der Waals surface area contributed by atoms with Crippen LogP contribution in [-0.2, 0) is 31.7 Å². The fraction of sp³-hybridized carbons (Fsp3) is 0.800. The summed E-state index contributed by atoms with van der Waals surface area (Å²) >= 11 is 0. The van der Waals surface area contributed by atoms with E-state index in [4.69, 9.17) is 14.2 Å². The van der Waals surface area contributed by atoms with Gasteiger partial charge in [-0.25, -0.2) is 4.98 Å². The first-order chi connectivity index (χ1) is 14.6. The van der Waals surface area contributed by atoms with Crippen LogP contribution < -0.4 is 0 Å². The third-order valence-corrected chi connectivity index (χ3v) is 6.64. The summed E-state index contributed by atoms with van der Waals surface area (Å²) in [4.78, 5) is 23.0. The summed E-state index contributed by atoms with van der Waals surface area (Å²) in [7, 11) is 1.69. The number of likely N-dealkylation sites (tertiary alicyclic amines) is 1. The topological polar surface area (TPSA) is 79.9 Å². The highest BCUT2D eigenvalue weighted by Crippen LogP contribution is 2.34. The predicted octanol–water partition coefficient (Wildman–Crippen LogP) is 1.82. The number of halogens is 3. The minimum absolute atomic E-state index is 0.0309. The Balaban J connectivity index is 1.33. The monoisotopic (exact) mass is 446 g/mol. The van der Waals surface area contributed by atoms with E-state index in [-0.39, 0.29) is 30.5 Å². The molecule has 0 aromatic carbocycles. The van der Waals surface area contributed by atoms with E-state index in [0.29, 0.717) is 39.2 Å². The van der Waals surface area contributed by atoms with Crippen LogP contribution in [0.5, 0.6) is 0 Å². The van der Waals surface area contributed by atoms with Crippen molar-refractivity contribution in [1.82, 2.24) is 19.8 Å². The lowest BCUT2D eigenvalue weighted by atomic mass is 9.92. The molecule has 31 heavy (non-hydrogen) atoms. The van der Waals surface area contributed by atoms with Crippen molar-refractivity contribution in [3.63, 3.8) is 0 Å². The van der Waals surface area contributed by atoms with E-state index in [0.717, 1.165) is 19.0 Å². The van der Waals surface area contributed by atoms with Crippen molar-refractivity contribution >= 4 is 5.91 Å². The molecule has 3 saturated heterocycles. The normalized spacial score (nSPS) is 29.6. The largest absolute Gasteiger partial charge is 0.432 e. The molecule has 4 rings (SSSR count). The molecule has 4 heterocycles.